The van der Waals surface area contributed by atoms with Crippen LogP contribution in [-0.2, 0) is 0 Å². The van der Waals surface area contributed by atoms with Crippen molar-refractivity contribution in [1.29, 1.82) is 0 Å². The van der Waals surface area contributed by atoms with Crippen molar-refractivity contribution in [3.05, 3.63) is 41.5 Å². The molecule has 74 valence electrons. The van der Waals surface area contributed by atoms with Crippen molar-refractivity contribution in [3.8, 4) is 0 Å². The average Bonchev–Trinajstić information content (AvgIpc) is 2.18. The SMILES string of the molecule is CC(N)C1C=Cc2ccccc2C1C. The predicted molar refractivity (Wildman–Crippen MR) is 61.0 cm³/mol. The molecule has 0 saturated carbocycles. The maximum atomic E-state index is 5.96. The molecule has 0 spiro atoms. The van der Waals surface area contributed by atoms with E-state index < -0.39 is 0 Å². The van der Waals surface area contributed by atoms with E-state index in [-0.39, 0.29) is 6.04 Å². The van der Waals surface area contributed by atoms with Gasteiger partial charge in [0.1, 0.15) is 0 Å². The second-order valence-corrected chi connectivity index (χ2v) is 4.21. The van der Waals surface area contributed by atoms with Gasteiger partial charge in [0.15, 0.2) is 0 Å². The summed E-state index contributed by atoms with van der Waals surface area (Å²) in [6.45, 7) is 4.34. The molecule has 2 rings (SSSR count). The minimum absolute atomic E-state index is 0.231. The third-order valence-corrected chi connectivity index (χ3v) is 3.17. The number of rotatable bonds is 1. The minimum atomic E-state index is 0.231. The molecule has 3 atom stereocenters. The first-order valence-corrected chi connectivity index (χ1v) is 5.23. The van der Waals surface area contributed by atoms with Crippen LogP contribution in [0.25, 0.3) is 6.08 Å². The van der Waals surface area contributed by atoms with Gasteiger partial charge >= 0.3 is 0 Å². The van der Waals surface area contributed by atoms with E-state index in [1.54, 1.807) is 0 Å². The summed E-state index contributed by atoms with van der Waals surface area (Å²) < 4.78 is 0. The molecular weight excluding hydrogens is 170 g/mol. The number of nitrogens with two attached hydrogens (primary N) is 1. The molecule has 3 unspecified atom stereocenters. The maximum Gasteiger partial charge on any atom is 0.00792 e. The molecule has 1 aliphatic carbocycles. The number of fused-ring (bicyclic) bond motifs is 1. The van der Waals surface area contributed by atoms with Crippen LogP contribution in [0.2, 0.25) is 0 Å². The van der Waals surface area contributed by atoms with Gasteiger partial charge in [0.2, 0.25) is 0 Å². The first-order valence-electron chi connectivity index (χ1n) is 5.23. The molecule has 0 saturated heterocycles. The van der Waals surface area contributed by atoms with Crippen LogP contribution in [0, 0.1) is 5.92 Å². The van der Waals surface area contributed by atoms with Crippen molar-refractivity contribution in [2.45, 2.75) is 25.8 Å². The van der Waals surface area contributed by atoms with Gasteiger partial charge in [-0.3, -0.25) is 0 Å². The Labute approximate surface area is 85.6 Å². The molecule has 0 bridgehead atoms. The molecule has 0 fully saturated rings. The summed E-state index contributed by atoms with van der Waals surface area (Å²) in [5.74, 6) is 1.01. The monoisotopic (exact) mass is 187 g/mol. The van der Waals surface area contributed by atoms with Crippen molar-refractivity contribution in [2.24, 2.45) is 11.7 Å². The summed E-state index contributed by atoms with van der Waals surface area (Å²) in [7, 11) is 0. The zero-order chi connectivity index (χ0) is 10.1. The van der Waals surface area contributed by atoms with E-state index in [4.69, 9.17) is 5.73 Å². The van der Waals surface area contributed by atoms with Gasteiger partial charge in [-0.2, -0.15) is 0 Å². The fourth-order valence-corrected chi connectivity index (χ4v) is 2.30. The summed E-state index contributed by atoms with van der Waals surface area (Å²) in [4.78, 5) is 0. The lowest BCUT2D eigenvalue weighted by atomic mass is 9.77. The Morgan fingerprint density at radius 3 is 2.71 bits per heavy atom. The number of benzene rings is 1. The highest BCUT2D eigenvalue weighted by atomic mass is 14.6. The van der Waals surface area contributed by atoms with Crippen LogP contribution in [0.4, 0.5) is 0 Å². The smallest absolute Gasteiger partial charge is 0.00792 e. The van der Waals surface area contributed by atoms with Gasteiger partial charge in [0.05, 0.1) is 0 Å². The van der Waals surface area contributed by atoms with Gasteiger partial charge in [-0.05, 0) is 29.9 Å². The molecule has 0 aromatic heterocycles. The largest absolute Gasteiger partial charge is 0.327 e. The quantitative estimate of drug-likeness (QED) is 0.718. The van der Waals surface area contributed by atoms with Gasteiger partial charge in [0.25, 0.3) is 0 Å². The van der Waals surface area contributed by atoms with Crippen molar-refractivity contribution < 1.29 is 0 Å². The molecule has 14 heavy (non-hydrogen) atoms. The maximum absolute atomic E-state index is 5.96. The van der Waals surface area contributed by atoms with E-state index in [0.717, 1.165) is 0 Å². The van der Waals surface area contributed by atoms with Gasteiger partial charge in [-0.25, -0.2) is 0 Å². The second kappa shape index (κ2) is 3.58. The normalized spacial score (nSPS) is 27.1. The lowest BCUT2D eigenvalue weighted by Gasteiger charge is -2.29. The third-order valence-electron chi connectivity index (χ3n) is 3.17. The van der Waals surface area contributed by atoms with Crippen molar-refractivity contribution in [1.82, 2.24) is 0 Å². The van der Waals surface area contributed by atoms with E-state index in [2.05, 4.69) is 50.3 Å². The van der Waals surface area contributed by atoms with Crippen LogP contribution in [-0.4, -0.2) is 6.04 Å². The molecule has 1 nitrogen and oxygen atoms in total. The number of hydrogen-bond donors (Lipinski definition) is 1. The lowest BCUT2D eigenvalue weighted by Crippen LogP contribution is -2.30. The standard InChI is InChI=1S/C13H17N/c1-9-12(10(2)14)8-7-11-5-3-4-6-13(9)11/h3-10,12H,14H2,1-2H3. The Kier molecular flexibility index (Phi) is 2.42. The zero-order valence-corrected chi connectivity index (χ0v) is 8.77. The predicted octanol–water partition coefficient (Wildman–Crippen LogP) is 2.78. The highest BCUT2D eigenvalue weighted by Crippen LogP contribution is 2.34. The van der Waals surface area contributed by atoms with Crippen LogP contribution >= 0.6 is 0 Å². The fraction of sp³-hybridized carbons (Fsp3) is 0.385. The van der Waals surface area contributed by atoms with Gasteiger partial charge < -0.3 is 5.73 Å². The van der Waals surface area contributed by atoms with Gasteiger partial charge in [-0.1, -0.05) is 43.3 Å². The molecule has 0 heterocycles. The first kappa shape index (κ1) is 9.47. The highest BCUT2D eigenvalue weighted by Gasteiger charge is 2.24. The highest BCUT2D eigenvalue weighted by molar-refractivity contribution is 5.58. The summed E-state index contributed by atoms with van der Waals surface area (Å²) >= 11 is 0. The Morgan fingerprint density at radius 2 is 2.00 bits per heavy atom. The van der Waals surface area contributed by atoms with Crippen LogP contribution < -0.4 is 5.73 Å². The molecule has 2 N–H and O–H groups in total. The van der Waals surface area contributed by atoms with Crippen LogP contribution in [0.1, 0.15) is 30.9 Å². The van der Waals surface area contributed by atoms with E-state index in [1.165, 1.54) is 11.1 Å². The minimum Gasteiger partial charge on any atom is -0.327 e. The summed E-state index contributed by atoms with van der Waals surface area (Å²) in [6, 6.07) is 8.79. The lowest BCUT2D eigenvalue weighted by molar-refractivity contribution is 0.459. The van der Waals surface area contributed by atoms with E-state index >= 15 is 0 Å². The summed E-state index contributed by atoms with van der Waals surface area (Å²) in [6.07, 6.45) is 4.45. The van der Waals surface area contributed by atoms with E-state index in [0.29, 0.717) is 11.8 Å². The Bertz CT molecular complexity index is 352. The number of hydrogen-bond acceptors (Lipinski definition) is 1. The summed E-state index contributed by atoms with van der Waals surface area (Å²) in [5, 5.41) is 0. The first-order chi connectivity index (χ1) is 6.70. The van der Waals surface area contributed by atoms with Crippen LogP contribution in [0.15, 0.2) is 30.3 Å². The van der Waals surface area contributed by atoms with Crippen LogP contribution in [0.3, 0.4) is 0 Å². The molecule has 1 aliphatic rings. The molecule has 0 aliphatic heterocycles. The Balaban J connectivity index is 2.40. The van der Waals surface area contributed by atoms with Crippen LogP contribution in [0.5, 0.6) is 0 Å². The third kappa shape index (κ3) is 1.48. The topological polar surface area (TPSA) is 26.0 Å². The van der Waals surface area contributed by atoms with Crippen molar-refractivity contribution in [3.63, 3.8) is 0 Å². The Hall–Kier alpha value is -1.08. The van der Waals surface area contributed by atoms with E-state index in [1.807, 2.05) is 0 Å². The van der Waals surface area contributed by atoms with Crippen molar-refractivity contribution >= 4 is 6.08 Å². The zero-order valence-electron chi connectivity index (χ0n) is 8.77. The average molecular weight is 187 g/mol. The second-order valence-electron chi connectivity index (χ2n) is 4.21. The molecule has 1 aromatic carbocycles. The summed E-state index contributed by atoms with van der Waals surface area (Å²) in [5.41, 5.74) is 8.74. The molecule has 1 heteroatoms. The van der Waals surface area contributed by atoms with Crippen molar-refractivity contribution in [2.75, 3.05) is 0 Å². The van der Waals surface area contributed by atoms with Gasteiger partial charge in [-0.15, -0.1) is 0 Å². The Morgan fingerprint density at radius 1 is 1.29 bits per heavy atom. The molecular formula is C13H17N. The molecule has 1 aromatic rings. The fourth-order valence-electron chi connectivity index (χ4n) is 2.30. The van der Waals surface area contributed by atoms with E-state index in [9.17, 15) is 0 Å². The van der Waals surface area contributed by atoms with Gasteiger partial charge in [0, 0.05) is 6.04 Å². The molecule has 0 amide bonds. The molecule has 0 radical (unpaired) electrons.